The second kappa shape index (κ2) is 5.19. The van der Waals surface area contributed by atoms with Gasteiger partial charge in [-0.05, 0) is 41.6 Å². The standard InChI is InChI=1S/C16H17NOS/c1-2-14-5-6-15(19-14)10-17-8-7-13-4-3-12(11-18)9-16(13)17/h3-9,18H,2,10-11H2,1H3. The van der Waals surface area contributed by atoms with Gasteiger partial charge in [-0.1, -0.05) is 19.1 Å². The highest BCUT2D eigenvalue weighted by Gasteiger charge is 2.05. The summed E-state index contributed by atoms with van der Waals surface area (Å²) in [5.74, 6) is 0. The molecule has 0 aliphatic carbocycles. The van der Waals surface area contributed by atoms with Crippen LogP contribution < -0.4 is 0 Å². The molecule has 2 aromatic heterocycles. The lowest BCUT2D eigenvalue weighted by atomic mass is 10.2. The molecule has 0 aliphatic heterocycles. The molecular formula is C16H17NOS. The Balaban J connectivity index is 1.95. The first-order valence-corrected chi connectivity index (χ1v) is 7.38. The van der Waals surface area contributed by atoms with Crippen LogP contribution in [0.2, 0.25) is 0 Å². The van der Waals surface area contributed by atoms with E-state index in [1.54, 1.807) is 0 Å². The van der Waals surface area contributed by atoms with E-state index in [0.717, 1.165) is 18.5 Å². The number of rotatable bonds is 4. The van der Waals surface area contributed by atoms with Crippen LogP contribution >= 0.6 is 11.3 Å². The van der Waals surface area contributed by atoms with Crippen LogP contribution in [0.25, 0.3) is 10.9 Å². The highest BCUT2D eigenvalue weighted by molar-refractivity contribution is 7.11. The van der Waals surface area contributed by atoms with Gasteiger partial charge in [0, 0.05) is 21.5 Å². The van der Waals surface area contributed by atoms with Crippen LogP contribution in [0.4, 0.5) is 0 Å². The van der Waals surface area contributed by atoms with E-state index in [2.05, 4.69) is 48.0 Å². The molecule has 0 amide bonds. The predicted octanol–water partition coefficient (Wildman–Crippen LogP) is 3.81. The second-order valence-electron chi connectivity index (χ2n) is 4.72. The van der Waals surface area contributed by atoms with Gasteiger partial charge >= 0.3 is 0 Å². The van der Waals surface area contributed by atoms with E-state index in [9.17, 15) is 5.11 Å². The number of hydrogen-bond acceptors (Lipinski definition) is 2. The van der Waals surface area contributed by atoms with Crippen molar-refractivity contribution >= 4 is 22.2 Å². The number of aromatic nitrogens is 1. The maximum absolute atomic E-state index is 9.24. The molecule has 1 N–H and O–H groups in total. The molecule has 98 valence electrons. The van der Waals surface area contributed by atoms with Gasteiger partial charge in [0.1, 0.15) is 0 Å². The molecule has 19 heavy (non-hydrogen) atoms. The summed E-state index contributed by atoms with van der Waals surface area (Å²) in [5, 5.41) is 10.5. The third-order valence-electron chi connectivity index (χ3n) is 3.41. The zero-order valence-corrected chi connectivity index (χ0v) is 11.8. The minimum atomic E-state index is 0.0973. The van der Waals surface area contributed by atoms with Crippen molar-refractivity contribution in [1.82, 2.24) is 4.57 Å². The molecule has 0 saturated carbocycles. The van der Waals surface area contributed by atoms with E-state index in [1.807, 2.05) is 17.4 Å². The summed E-state index contributed by atoms with van der Waals surface area (Å²) in [4.78, 5) is 2.81. The highest BCUT2D eigenvalue weighted by Crippen LogP contribution is 2.22. The quantitative estimate of drug-likeness (QED) is 0.767. The van der Waals surface area contributed by atoms with Gasteiger partial charge in [0.2, 0.25) is 0 Å². The Morgan fingerprint density at radius 1 is 1.11 bits per heavy atom. The summed E-state index contributed by atoms with van der Waals surface area (Å²) in [7, 11) is 0. The fourth-order valence-corrected chi connectivity index (χ4v) is 3.29. The Bertz CT molecular complexity index is 696. The van der Waals surface area contributed by atoms with Crippen molar-refractivity contribution in [2.24, 2.45) is 0 Å². The summed E-state index contributed by atoms with van der Waals surface area (Å²) in [5.41, 5.74) is 2.16. The number of thiophene rings is 1. The summed E-state index contributed by atoms with van der Waals surface area (Å²) >= 11 is 1.88. The van der Waals surface area contributed by atoms with Gasteiger partial charge in [-0.3, -0.25) is 0 Å². The highest BCUT2D eigenvalue weighted by atomic mass is 32.1. The first-order valence-electron chi connectivity index (χ1n) is 6.56. The van der Waals surface area contributed by atoms with Gasteiger partial charge < -0.3 is 9.67 Å². The molecule has 2 nitrogen and oxygen atoms in total. The van der Waals surface area contributed by atoms with E-state index < -0.39 is 0 Å². The smallest absolute Gasteiger partial charge is 0.0682 e. The van der Waals surface area contributed by atoms with Crippen LogP contribution in [0.5, 0.6) is 0 Å². The Labute approximate surface area is 116 Å². The zero-order chi connectivity index (χ0) is 13.2. The fourth-order valence-electron chi connectivity index (χ4n) is 2.33. The van der Waals surface area contributed by atoms with E-state index in [0.29, 0.717) is 0 Å². The topological polar surface area (TPSA) is 25.2 Å². The maximum Gasteiger partial charge on any atom is 0.0682 e. The number of aryl methyl sites for hydroxylation is 1. The zero-order valence-electron chi connectivity index (χ0n) is 11.0. The van der Waals surface area contributed by atoms with Crippen molar-refractivity contribution in [2.45, 2.75) is 26.5 Å². The average Bonchev–Trinajstić information content (AvgIpc) is 3.06. The molecule has 0 atom stereocenters. The molecule has 0 saturated heterocycles. The second-order valence-corrected chi connectivity index (χ2v) is 5.97. The average molecular weight is 271 g/mol. The molecule has 1 aromatic carbocycles. The SMILES string of the molecule is CCc1ccc(Cn2ccc3ccc(CO)cc32)s1. The first kappa shape index (κ1) is 12.5. The van der Waals surface area contributed by atoms with Gasteiger partial charge in [-0.25, -0.2) is 0 Å². The summed E-state index contributed by atoms with van der Waals surface area (Å²) in [6.07, 6.45) is 3.23. The lowest BCUT2D eigenvalue weighted by Gasteiger charge is -2.04. The van der Waals surface area contributed by atoms with Gasteiger partial charge in [-0.15, -0.1) is 11.3 Å². The molecule has 0 unspecified atom stereocenters. The predicted molar refractivity (Wildman–Crippen MR) is 80.7 cm³/mol. The van der Waals surface area contributed by atoms with Crippen molar-refractivity contribution in [3.8, 4) is 0 Å². The van der Waals surface area contributed by atoms with E-state index >= 15 is 0 Å². The van der Waals surface area contributed by atoms with Crippen molar-refractivity contribution in [2.75, 3.05) is 0 Å². The molecule has 0 bridgehead atoms. The number of benzene rings is 1. The lowest BCUT2D eigenvalue weighted by molar-refractivity contribution is 0.282. The first-order chi connectivity index (χ1) is 9.30. The van der Waals surface area contributed by atoms with Crippen molar-refractivity contribution in [1.29, 1.82) is 0 Å². The molecule has 0 aliphatic rings. The van der Waals surface area contributed by atoms with Crippen LogP contribution in [-0.4, -0.2) is 9.67 Å². The number of fused-ring (bicyclic) bond motifs is 1. The molecule has 2 heterocycles. The fraction of sp³-hybridized carbons (Fsp3) is 0.250. The van der Waals surface area contributed by atoms with E-state index in [-0.39, 0.29) is 6.61 Å². The molecular weight excluding hydrogens is 254 g/mol. The largest absolute Gasteiger partial charge is 0.392 e. The van der Waals surface area contributed by atoms with Gasteiger partial charge in [0.15, 0.2) is 0 Å². The summed E-state index contributed by atoms with van der Waals surface area (Å²) < 4.78 is 2.25. The lowest BCUT2D eigenvalue weighted by Crippen LogP contribution is -1.96. The monoisotopic (exact) mass is 271 g/mol. The van der Waals surface area contributed by atoms with Gasteiger partial charge in [0.25, 0.3) is 0 Å². The number of aliphatic hydroxyl groups is 1. The minimum absolute atomic E-state index is 0.0973. The molecule has 3 aromatic rings. The molecule has 0 fully saturated rings. The Hall–Kier alpha value is -1.58. The van der Waals surface area contributed by atoms with E-state index in [1.165, 1.54) is 20.7 Å². The van der Waals surface area contributed by atoms with Crippen LogP contribution in [0.3, 0.4) is 0 Å². The molecule has 0 radical (unpaired) electrons. The Kier molecular flexibility index (Phi) is 3.40. The van der Waals surface area contributed by atoms with E-state index in [4.69, 9.17) is 0 Å². The normalized spacial score (nSPS) is 11.3. The molecule has 3 rings (SSSR count). The van der Waals surface area contributed by atoms with Gasteiger partial charge in [-0.2, -0.15) is 0 Å². The van der Waals surface area contributed by atoms with Crippen molar-refractivity contribution in [3.63, 3.8) is 0 Å². The van der Waals surface area contributed by atoms with Crippen molar-refractivity contribution < 1.29 is 5.11 Å². The van der Waals surface area contributed by atoms with Gasteiger partial charge in [0.05, 0.1) is 13.2 Å². The van der Waals surface area contributed by atoms with Crippen LogP contribution in [0, 0.1) is 0 Å². The Morgan fingerprint density at radius 2 is 1.95 bits per heavy atom. The summed E-state index contributed by atoms with van der Waals surface area (Å²) in [6, 6.07) is 12.7. The van der Waals surface area contributed by atoms with Crippen molar-refractivity contribution in [3.05, 3.63) is 57.9 Å². The number of nitrogens with zero attached hydrogens (tertiary/aromatic N) is 1. The van der Waals surface area contributed by atoms with Crippen LogP contribution in [0.1, 0.15) is 22.2 Å². The minimum Gasteiger partial charge on any atom is -0.392 e. The maximum atomic E-state index is 9.24. The molecule has 3 heteroatoms. The summed E-state index contributed by atoms with van der Waals surface area (Å²) in [6.45, 7) is 3.19. The third kappa shape index (κ3) is 2.44. The number of aliphatic hydroxyl groups excluding tert-OH is 1. The van der Waals surface area contributed by atoms with Crippen LogP contribution in [0.15, 0.2) is 42.6 Å². The van der Waals surface area contributed by atoms with Crippen LogP contribution in [-0.2, 0) is 19.6 Å². The number of hydrogen-bond donors (Lipinski definition) is 1. The third-order valence-corrected chi connectivity index (χ3v) is 4.63. The molecule has 0 spiro atoms. The Morgan fingerprint density at radius 3 is 2.68 bits per heavy atom.